The molecule has 0 bridgehead atoms. The maximum atomic E-state index is 12.0. The van der Waals surface area contributed by atoms with E-state index >= 15 is 0 Å². The summed E-state index contributed by atoms with van der Waals surface area (Å²) in [6.07, 6.45) is 4.21. The first-order valence-corrected chi connectivity index (χ1v) is 7.76. The van der Waals surface area contributed by atoms with Crippen LogP contribution in [0, 0.1) is 0 Å². The summed E-state index contributed by atoms with van der Waals surface area (Å²) < 4.78 is 0. The van der Waals surface area contributed by atoms with Crippen molar-refractivity contribution in [1.29, 1.82) is 0 Å². The number of likely N-dealkylation sites (tertiary alicyclic amines) is 1. The van der Waals surface area contributed by atoms with Gasteiger partial charge in [0.05, 0.1) is 0 Å². The van der Waals surface area contributed by atoms with Crippen LogP contribution < -0.4 is 5.32 Å². The van der Waals surface area contributed by atoms with Crippen LogP contribution in [0.2, 0.25) is 0 Å². The zero-order valence-electron chi connectivity index (χ0n) is 12.7. The van der Waals surface area contributed by atoms with E-state index in [1.807, 2.05) is 18.7 Å². The Morgan fingerprint density at radius 2 is 2.00 bits per heavy atom. The van der Waals surface area contributed by atoms with E-state index < -0.39 is 0 Å². The van der Waals surface area contributed by atoms with Crippen LogP contribution in [0.25, 0.3) is 10.9 Å². The summed E-state index contributed by atoms with van der Waals surface area (Å²) >= 11 is 0. The Morgan fingerprint density at radius 1 is 1.29 bits per heavy atom. The van der Waals surface area contributed by atoms with Crippen molar-refractivity contribution in [2.45, 2.75) is 38.6 Å². The van der Waals surface area contributed by atoms with E-state index in [-0.39, 0.29) is 12.1 Å². The number of aromatic nitrogens is 1. The summed E-state index contributed by atoms with van der Waals surface area (Å²) in [6, 6.07) is 8.71. The van der Waals surface area contributed by atoms with Crippen LogP contribution in [0.15, 0.2) is 30.5 Å². The zero-order valence-corrected chi connectivity index (χ0v) is 12.7. The number of H-pyrrole nitrogens is 1. The second-order valence-electron chi connectivity index (χ2n) is 6.16. The highest BCUT2D eigenvalue weighted by molar-refractivity contribution is 5.83. The monoisotopic (exact) mass is 285 g/mol. The number of nitrogens with zero attached hydrogens (tertiary/aromatic N) is 1. The predicted octanol–water partition coefficient (Wildman–Crippen LogP) is 3.47. The van der Waals surface area contributed by atoms with Crippen LogP contribution in [0.4, 0.5) is 4.79 Å². The Bertz CT molecular complexity index is 624. The van der Waals surface area contributed by atoms with Crippen LogP contribution >= 0.6 is 0 Å². The number of piperidine rings is 1. The number of fused-ring (bicyclic) bond motifs is 1. The Hall–Kier alpha value is -1.97. The number of nitrogens with one attached hydrogen (secondary N) is 2. The van der Waals surface area contributed by atoms with Crippen molar-refractivity contribution in [1.82, 2.24) is 15.2 Å². The molecule has 0 saturated carbocycles. The molecule has 2 heterocycles. The minimum Gasteiger partial charge on any atom is -0.361 e. The number of aromatic amines is 1. The number of hydrogen-bond donors (Lipinski definition) is 2. The van der Waals surface area contributed by atoms with Crippen LogP contribution in [-0.2, 0) is 0 Å². The molecule has 2 N–H and O–H groups in total. The van der Waals surface area contributed by atoms with Gasteiger partial charge >= 0.3 is 6.03 Å². The molecular weight excluding hydrogens is 262 g/mol. The van der Waals surface area contributed by atoms with E-state index in [1.54, 1.807) is 0 Å². The number of rotatable bonds is 2. The van der Waals surface area contributed by atoms with Crippen molar-refractivity contribution in [2.75, 3.05) is 13.1 Å². The summed E-state index contributed by atoms with van der Waals surface area (Å²) in [7, 11) is 0. The number of benzene rings is 1. The maximum absolute atomic E-state index is 12.0. The molecule has 0 radical (unpaired) electrons. The Balaban J connectivity index is 1.67. The van der Waals surface area contributed by atoms with Gasteiger partial charge in [0.15, 0.2) is 0 Å². The first-order chi connectivity index (χ1) is 10.1. The lowest BCUT2D eigenvalue weighted by Gasteiger charge is -2.32. The lowest BCUT2D eigenvalue weighted by atomic mass is 9.89. The van der Waals surface area contributed by atoms with E-state index in [0.717, 1.165) is 25.9 Å². The SMILES string of the molecule is CC(C)NC(=O)N1CCC(c2c[nH]c3ccccc23)CC1. The molecule has 1 fully saturated rings. The topological polar surface area (TPSA) is 48.1 Å². The molecule has 1 saturated heterocycles. The molecule has 3 rings (SSSR count). The van der Waals surface area contributed by atoms with Crippen molar-refractivity contribution < 1.29 is 4.79 Å². The number of hydrogen-bond acceptors (Lipinski definition) is 1. The van der Waals surface area contributed by atoms with Gasteiger partial charge in [0, 0.05) is 36.2 Å². The average Bonchev–Trinajstić information content (AvgIpc) is 2.90. The molecule has 0 aliphatic carbocycles. The van der Waals surface area contributed by atoms with Gasteiger partial charge in [-0.2, -0.15) is 0 Å². The Labute approximate surface area is 125 Å². The van der Waals surface area contributed by atoms with Gasteiger partial charge in [0.25, 0.3) is 0 Å². The predicted molar refractivity (Wildman–Crippen MR) is 85.5 cm³/mol. The number of amides is 2. The maximum Gasteiger partial charge on any atom is 0.317 e. The highest BCUT2D eigenvalue weighted by Gasteiger charge is 2.25. The fourth-order valence-corrected chi connectivity index (χ4v) is 3.16. The molecular formula is C17H23N3O. The molecule has 1 aliphatic rings. The standard InChI is InChI=1S/C17H23N3O/c1-12(2)19-17(21)20-9-7-13(8-10-20)15-11-18-16-6-4-3-5-14(15)16/h3-6,11-13,18H,7-10H2,1-2H3,(H,19,21). The van der Waals surface area contributed by atoms with Crippen molar-refractivity contribution in [3.8, 4) is 0 Å². The van der Waals surface area contributed by atoms with Gasteiger partial charge in [0.1, 0.15) is 0 Å². The van der Waals surface area contributed by atoms with Crippen molar-refractivity contribution >= 4 is 16.9 Å². The number of urea groups is 1. The smallest absolute Gasteiger partial charge is 0.317 e. The first-order valence-electron chi connectivity index (χ1n) is 7.76. The van der Waals surface area contributed by atoms with Crippen molar-refractivity contribution in [2.24, 2.45) is 0 Å². The van der Waals surface area contributed by atoms with Gasteiger partial charge in [-0.3, -0.25) is 0 Å². The van der Waals surface area contributed by atoms with Gasteiger partial charge in [-0.1, -0.05) is 18.2 Å². The van der Waals surface area contributed by atoms with Gasteiger partial charge < -0.3 is 15.2 Å². The van der Waals surface area contributed by atoms with Gasteiger partial charge in [-0.25, -0.2) is 4.79 Å². The van der Waals surface area contributed by atoms with E-state index in [0.29, 0.717) is 5.92 Å². The molecule has 4 heteroatoms. The lowest BCUT2D eigenvalue weighted by Crippen LogP contribution is -2.46. The summed E-state index contributed by atoms with van der Waals surface area (Å²) in [5, 5.41) is 4.29. The summed E-state index contributed by atoms with van der Waals surface area (Å²) in [5.74, 6) is 0.546. The van der Waals surface area contributed by atoms with E-state index in [9.17, 15) is 4.79 Å². The van der Waals surface area contributed by atoms with E-state index in [1.165, 1.54) is 16.5 Å². The fraction of sp³-hybridized carbons (Fsp3) is 0.471. The highest BCUT2D eigenvalue weighted by atomic mass is 16.2. The fourth-order valence-electron chi connectivity index (χ4n) is 3.16. The normalized spacial score (nSPS) is 16.6. The second-order valence-corrected chi connectivity index (χ2v) is 6.16. The first kappa shape index (κ1) is 14.0. The number of carbonyl (C=O) groups is 1. The molecule has 4 nitrogen and oxygen atoms in total. The largest absolute Gasteiger partial charge is 0.361 e. The van der Waals surface area contributed by atoms with Crippen LogP contribution in [-0.4, -0.2) is 35.0 Å². The van der Waals surface area contributed by atoms with Crippen LogP contribution in [0.5, 0.6) is 0 Å². The quantitative estimate of drug-likeness (QED) is 0.872. The molecule has 112 valence electrons. The highest BCUT2D eigenvalue weighted by Crippen LogP contribution is 2.32. The van der Waals surface area contributed by atoms with E-state index in [2.05, 4.69) is 40.8 Å². The zero-order chi connectivity index (χ0) is 14.8. The molecule has 0 unspecified atom stereocenters. The third-order valence-electron chi connectivity index (χ3n) is 4.26. The molecule has 0 spiro atoms. The van der Waals surface area contributed by atoms with E-state index in [4.69, 9.17) is 0 Å². The van der Waals surface area contributed by atoms with Gasteiger partial charge in [0.2, 0.25) is 0 Å². The summed E-state index contributed by atoms with van der Waals surface area (Å²) in [4.78, 5) is 17.3. The molecule has 1 aliphatic heterocycles. The average molecular weight is 285 g/mol. The number of para-hydroxylation sites is 1. The van der Waals surface area contributed by atoms with Crippen LogP contribution in [0.1, 0.15) is 38.2 Å². The summed E-state index contributed by atoms with van der Waals surface area (Å²) in [6.45, 7) is 5.67. The molecule has 1 aromatic carbocycles. The number of carbonyl (C=O) groups excluding carboxylic acids is 1. The second kappa shape index (κ2) is 5.80. The third-order valence-corrected chi connectivity index (χ3v) is 4.26. The molecule has 2 aromatic rings. The van der Waals surface area contributed by atoms with Crippen molar-refractivity contribution in [3.05, 3.63) is 36.0 Å². The van der Waals surface area contributed by atoms with Gasteiger partial charge in [-0.05, 0) is 44.2 Å². The minimum absolute atomic E-state index is 0.0716. The molecule has 2 amide bonds. The van der Waals surface area contributed by atoms with Gasteiger partial charge in [-0.15, -0.1) is 0 Å². The molecule has 0 atom stereocenters. The third kappa shape index (κ3) is 2.89. The van der Waals surface area contributed by atoms with Crippen LogP contribution in [0.3, 0.4) is 0 Å². The van der Waals surface area contributed by atoms with Crippen molar-refractivity contribution in [3.63, 3.8) is 0 Å². The lowest BCUT2D eigenvalue weighted by molar-refractivity contribution is 0.179. The Morgan fingerprint density at radius 3 is 2.71 bits per heavy atom. The Kier molecular flexibility index (Phi) is 3.86. The molecule has 1 aromatic heterocycles. The minimum atomic E-state index is 0.0716. The summed E-state index contributed by atoms with van der Waals surface area (Å²) in [5.41, 5.74) is 2.60. The molecule has 21 heavy (non-hydrogen) atoms.